The molecule has 0 aromatic carbocycles. The van der Waals surface area contributed by atoms with Crippen LogP contribution in [-0.4, -0.2) is 31.3 Å². The Balaban J connectivity index is 0.000000361. The molecule has 0 saturated heterocycles. The van der Waals surface area contributed by atoms with E-state index < -0.39 is 6.48 Å². The van der Waals surface area contributed by atoms with Gasteiger partial charge in [-0.15, -0.1) is 0 Å². The highest BCUT2D eigenvalue weighted by Gasteiger charge is 2.08. The summed E-state index contributed by atoms with van der Waals surface area (Å²) in [4.78, 5) is 0.200. The number of nitrogens with two attached hydrogens (primary N) is 2. The third-order valence-electron chi connectivity index (χ3n) is 2.16. The molecule has 1 aromatic heterocycles. The van der Waals surface area contributed by atoms with Gasteiger partial charge < -0.3 is 30.1 Å². The maximum atomic E-state index is 5.54. The Labute approximate surface area is 125 Å². The van der Waals surface area contributed by atoms with E-state index in [4.69, 9.17) is 30.1 Å². The first-order valence-corrected chi connectivity index (χ1v) is 6.86. The number of ether oxygens (including phenoxy) is 3. The fraction of sp³-hybridized carbons (Fsp3) is 0.615. The molecule has 20 heavy (non-hydrogen) atoms. The Morgan fingerprint density at radius 1 is 1.20 bits per heavy atom. The molecule has 1 rings (SSSR count). The SMILES string of the molecule is CCOC(OCC)OCC.Cc1coc(C(N)=S)c1N. The van der Waals surface area contributed by atoms with Crippen molar-refractivity contribution in [2.24, 2.45) is 5.73 Å². The van der Waals surface area contributed by atoms with E-state index in [9.17, 15) is 0 Å². The molecular weight excluding hydrogens is 280 g/mol. The number of furan rings is 1. The third kappa shape index (κ3) is 6.85. The number of rotatable bonds is 7. The van der Waals surface area contributed by atoms with Gasteiger partial charge in [0, 0.05) is 25.4 Å². The molecule has 0 amide bonds. The molecule has 0 aliphatic rings. The fourth-order valence-corrected chi connectivity index (χ4v) is 1.35. The molecule has 0 aliphatic heterocycles. The molecule has 1 aromatic rings. The van der Waals surface area contributed by atoms with Gasteiger partial charge in [0.2, 0.25) is 0 Å². The van der Waals surface area contributed by atoms with Crippen LogP contribution in [0, 0.1) is 6.92 Å². The lowest BCUT2D eigenvalue weighted by Crippen LogP contribution is -2.20. The van der Waals surface area contributed by atoms with Gasteiger partial charge in [0.15, 0.2) is 5.76 Å². The van der Waals surface area contributed by atoms with Gasteiger partial charge in [0.05, 0.1) is 12.0 Å². The second kappa shape index (κ2) is 10.6. The molecule has 0 radical (unpaired) electrons. The Kier molecular flexibility index (Phi) is 10.0. The summed E-state index contributed by atoms with van der Waals surface area (Å²) in [6.07, 6.45) is 1.53. The maximum Gasteiger partial charge on any atom is 0.271 e. The normalized spacial score (nSPS) is 10.2. The van der Waals surface area contributed by atoms with Crippen molar-refractivity contribution in [1.82, 2.24) is 0 Å². The highest BCUT2D eigenvalue weighted by molar-refractivity contribution is 7.80. The second-order valence-electron chi connectivity index (χ2n) is 3.68. The van der Waals surface area contributed by atoms with Crippen molar-refractivity contribution >= 4 is 22.9 Å². The van der Waals surface area contributed by atoms with Gasteiger partial charge in [-0.25, -0.2) is 0 Å². The minimum atomic E-state index is -0.472. The van der Waals surface area contributed by atoms with Crippen LogP contribution in [0.15, 0.2) is 10.7 Å². The lowest BCUT2D eigenvalue weighted by atomic mass is 10.3. The first kappa shape index (κ1) is 18.9. The van der Waals surface area contributed by atoms with Gasteiger partial charge in [-0.3, -0.25) is 0 Å². The minimum absolute atomic E-state index is 0.200. The van der Waals surface area contributed by atoms with Crippen LogP contribution in [0.3, 0.4) is 0 Å². The zero-order valence-electron chi connectivity index (χ0n) is 12.5. The van der Waals surface area contributed by atoms with Gasteiger partial charge in [-0.2, -0.15) is 0 Å². The Hall–Kier alpha value is -1.15. The van der Waals surface area contributed by atoms with Crippen LogP contribution < -0.4 is 11.5 Å². The largest absolute Gasteiger partial charge is 0.459 e. The van der Waals surface area contributed by atoms with Crippen LogP contribution in [0.2, 0.25) is 0 Å². The molecule has 0 atom stereocenters. The van der Waals surface area contributed by atoms with Crippen LogP contribution in [-0.2, 0) is 14.2 Å². The summed E-state index contributed by atoms with van der Waals surface area (Å²) in [6.45, 7) is 8.93. The van der Waals surface area contributed by atoms with Gasteiger partial charge in [-0.1, -0.05) is 12.2 Å². The molecule has 0 fully saturated rings. The highest BCUT2D eigenvalue weighted by atomic mass is 32.1. The lowest BCUT2D eigenvalue weighted by molar-refractivity contribution is -0.282. The zero-order valence-corrected chi connectivity index (χ0v) is 13.3. The second-order valence-corrected chi connectivity index (χ2v) is 4.12. The average Bonchev–Trinajstić information content (AvgIpc) is 2.72. The van der Waals surface area contributed by atoms with E-state index in [2.05, 4.69) is 12.2 Å². The van der Waals surface area contributed by atoms with Crippen molar-refractivity contribution in [3.63, 3.8) is 0 Å². The molecule has 0 spiro atoms. The quantitative estimate of drug-likeness (QED) is 0.589. The molecule has 4 N–H and O–H groups in total. The van der Waals surface area contributed by atoms with E-state index in [0.29, 0.717) is 31.3 Å². The number of aryl methyl sites for hydroxylation is 1. The van der Waals surface area contributed by atoms with Gasteiger partial charge in [0.1, 0.15) is 4.99 Å². The summed E-state index contributed by atoms with van der Waals surface area (Å²) in [5.74, 6) is 0.410. The smallest absolute Gasteiger partial charge is 0.271 e. The zero-order chi connectivity index (χ0) is 15.5. The van der Waals surface area contributed by atoms with E-state index >= 15 is 0 Å². The standard InChI is InChI=1S/C7H16O3.C6H8N2OS/c1-4-8-7(9-5-2)10-6-3;1-3-2-9-5(4(3)7)6(8)10/h7H,4-6H2,1-3H3;2H,7H2,1H3,(H2,8,10). The Morgan fingerprint density at radius 3 is 1.85 bits per heavy atom. The number of anilines is 1. The Bertz CT molecular complexity index is 381. The fourth-order valence-electron chi connectivity index (χ4n) is 1.20. The van der Waals surface area contributed by atoms with E-state index in [0.717, 1.165) is 5.56 Å². The molecule has 7 heteroatoms. The molecule has 1 heterocycles. The number of hydrogen-bond acceptors (Lipinski definition) is 6. The predicted molar refractivity (Wildman–Crippen MR) is 82.4 cm³/mol. The van der Waals surface area contributed by atoms with Crippen LogP contribution in [0.4, 0.5) is 5.69 Å². The monoisotopic (exact) mass is 304 g/mol. The van der Waals surface area contributed by atoms with Crippen molar-refractivity contribution < 1.29 is 18.6 Å². The van der Waals surface area contributed by atoms with E-state index in [1.54, 1.807) is 0 Å². The first-order valence-electron chi connectivity index (χ1n) is 6.45. The topological polar surface area (TPSA) is 92.9 Å². The van der Waals surface area contributed by atoms with Crippen LogP contribution in [0.1, 0.15) is 32.1 Å². The Morgan fingerprint density at radius 2 is 1.65 bits per heavy atom. The summed E-state index contributed by atoms with van der Waals surface area (Å²) in [6, 6.07) is 0. The van der Waals surface area contributed by atoms with Crippen LogP contribution in [0.5, 0.6) is 0 Å². The summed E-state index contributed by atoms with van der Waals surface area (Å²) in [5.41, 5.74) is 12.2. The van der Waals surface area contributed by atoms with Crippen LogP contribution >= 0.6 is 12.2 Å². The highest BCUT2D eigenvalue weighted by Crippen LogP contribution is 2.17. The summed E-state index contributed by atoms with van der Waals surface area (Å²) < 4.78 is 20.2. The van der Waals surface area contributed by atoms with Crippen molar-refractivity contribution in [1.29, 1.82) is 0 Å². The maximum absolute atomic E-state index is 5.54. The molecule has 116 valence electrons. The molecule has 0 bridgehead atoms. The van der Waals surface area contributed by atoms with Crippen molar-refractivity contribution in [3.05, 3.63) is 17.6 Å². The van der Waals surface area contributed by atoms with Crippen molar-refractivity contribution in [2.75, 3.05) is 25.6 Å². The van der Waals surface area contributed by atoms with Crippen molar-refractivity contribution in [3.8, 4) is 0 Å². The van der Waals surface area contributed by atoms with E-state index in [1.165, 1.54) is 6.26 Å². The molecular formula is C13H24N2O4S. The number of hydrogen-bond donors (Lipinski definition) is 2. The molecule has 0 aliphatic carbocycles. The van der Waals surface area contributed by atoms with Crippen molar-refractivity contribution in [2.45, 2.75) is 34.2 Å². The van der Waals surface area contributed by atoms with Gasteiger partial charge >= 0.3 is 0 Å². The minimum Gasteiger partial charge on any atom is -0.459 e. The summed E-state index contributed by atoms with van der Waals surface area (Å²) in [5, 5.41) is 0. The summed E-state index contributed by atoms with van der Waals surface area (Å²) >= 11 is 4.67. The number of nitrogen functional groups attached to an aromatic ring is 1. The predicted octanol–water partition coefficient (Wildman–Crippen LogP) is 2.18. The molecule has 0 unspecified atom stereocenters. The molecule has 0 saturated carbocycles. The lowest BCUT2D eigenvalue weighted by Gasteiger charge is -2.15. The van der Waals surface area contributed by atoms with Gasteiger partial charge in [0.25, 0.3) is 6.48 Å². The first-order chi connectivity index (χ1) is 9.47. The van der Waals surface area contributed by atoms with E-state index in [-0.39, 0.29) is 4.99 Å². The van der Waals surface area contributed by atoms with Crippen LogP contribution in [0.25, 0.3) is 0 Å². The van der Waals surface area contributed by atoms with Gasteiger partial charge in [-0.05, 0) is 27.7 Å². The summed E-state index contributed by atoms with van der Waals surface area (Å²) in [7, 11) is 0. The molecule has 6 nitrogen and oxygen atoms in total. The van der Waals surface area contributed by atoms with E-state index in [1.807, 2.05) is 27.7 Å². The average molecular weight is 304 g/mol. The third-order valence-corrected chi connectivity index (χ3v) is 2.34. The number of thiocarbonyl (C=S) groups is 1.